The number of carbonyl (C=O) groups is 1. The third-order valence-corrected chi connectivity index (χ3v) is 4.24. The molecule has 1 amide bonds. The Kier molecular flexibility index (Phi) is 4.95. The number of para-hydroxylation sites is 1. The van der Waals surface area contributed by atoms with Crippen molar-refractivity contribution in [1.29, 1.82) is 0 Å². The molecule has 1 aromatic heterocycles. The first kappa shape index (κ1) is 16.9. The molecular formula is C19H17ClN4O. The number of nitrogens with one attached hydrogen (secondary N) is 1. The zero-order chi connectivity index (χ0) is 17.8. The van der Waals surface area contributed by atoms with Crippen LogP contribution < -0.4 is 10.2 Å². The van der Waals surface area contributed by atoms with E-state index in [1.54, 1.807) is 30.5 Å². The number of aromatic nitrogens is 2. The molecule has 3 aromatic rings. The molecule has 0 saturated heterocycles. The van der Waals surface area contributed by atoms with Crippen molar-refractivity contribution in [2.45, 2.75) is 6.92 Å². The van der Waals surface area contributed by atoms with Crippen molar-refractivity contribution in [3.63, 3.8) is 0 Å². The highest BCUT2D eigenvalue weighted by Crippen LogP contribution is 2.24. The predicted molar refractivity (Wildman–Crippen MR) is 101 cm³/mol. The third kappa shape index (κ3) is 3.78. The van der Waals surface area contributed by atoms with Crippen LogP contribution in [0.3, 0.4) is 0 Å². The van der Waals surface area contributed by atoms with Gasteiger partial charge in [-0.3, -0.25) is 4.79 Å². The van der Waals surface area contributed by atoms with Crippen molar-refractivity contribution < 1.29 is 4.79 Å². The molecule has 0 unspecified atom stereocenters. The van der Waals surface area contributed by atoms with E-state index < -0.39 is 0 Å². The summed E-state index contributed by atoms with van der Waals surface area (Å²) in [5, 5.41) is 3.44. The number of amides is 1. The Balaban J connectivity index is 1.83. The van der Waals surface area contributed by atoms with Gasteiger partial charge in [-0.25, -0.2) is 9.97 Å². The Labute approximate surface area is 151 Å². The molecule has 0 aliphatic rings. The van der Waals surface area contributed by atoms with Gasteiger partial charge >= 0.3 is 0 Å². The van der Waals surface area contributed by atoms with E-state index in [0.29, 0.717) is 16.7 Å². The van der Waals surface area contributed by atoms with Crippen LogP contribution in [-0.4, -0.2) is 22.9 Å². The van der Waals surface area contributed by atoms with Crippen LogP contribution in [0.15, 0.2) is 60.8 Å². The highest BCUT2D eigenvalue weighted by atomic mass is 35.5. The minimum absolute atomic E-state index is 0.284. The molecular weight excluding hydrogens is 336 g/mol. The molecule has 6 heteroatoms. The lowest BCUT2D eigenvalue weighted by Crippen LogP contribution is -2.18. The quantitative estimate of drug-likeness (QED) is 0.753. The van der Waals surface area contributed by atoms with Gasteiger partial charge in [0.1, 0.15) is 5.69 Å². The lowest BCUT2D eigenvalue weighted by Gasteiger charge is -2.17. The summed E-state index contributed by atoms with van der Waals surface area (Å²) < 4.78 is 0. The first-order valence-electron chi connectivity index (χ1n) is 7.74. The molecule has 1 N–H and O–H groups in total. The van der Waals surface area contributed by atoms with Gasteiger partial charge < -0.3 is 10.2 Å². The number of benzene rings is 2. The summed E-state index contributed by atoms with van der Waals surface area (Å²) in [7, 11) is 1.85. The molecule has 0 atom stereocenters. The zero-order valence-corrected chi connectivity index (χ0v) is 14.7. The van der Waals surface area contributed by atoms with Crippen LogP contribution in [0.4, 0.5) is 17.3 Å². The first-order chi connectivity index (χ1) is 12.1. The van der Waals surface area contributed by atoms with Gasteiger partial charge in [0.25, 0.3) is 5.91 Å². The molecule has 126 valence electrons. The van der Waals surface area contributed by atoms with E-state index in [1.165, 1.54) is 0 Å². The Hall–Kier alpha value is -2.92. The molecule has 0 saturated carbocycles. The second kappa shape index (κ2) is 7.32. The Morgan fingerprint density at radius 2 is 1.84 bits per heavy atom. The van der Waals surface area contributed by atoms with E-state index >= 15 is 0 Å². The number of hydrogen-bond acceptors (Lipinski definition) is 4. The minimum Gasteiger partial charge on any atom is -0.320 e. The molecule has 5 nitrogen and oxygen atoms in total. The average molecular weight is 353 g/mol. The highest BCUT2D eigenvalue weighted by molar-refractivity contribution is 6.31. The Morgan fingerprint density at radius 1 is 1.08 bits per heavy atom. The lowest BCUT2D eigenvalue weighted by molar-refractivity contribution is 0.102. The van der Waals surface area contributed by atoms with Crippen molar-refractivity contribution >= 4 is 34.8 Å². The van der Waals surface area contributed by atoms with Crippen molar-refractivity contribution in [2.75, 3.05) is 17.3 Å². The topological polar surface area (TPSA) is 58.1 Å². The van der Waals surface area contributed by atoms with E-state index in [2.05, 4.69) is 15.3 Å². The summed E-state index contributed by atoms with van der Waals surface area (Å²) in [5.74, 6) is 0.136. The monoisotopic (exact) mass is 352 g/mol. The van der Waals surface area contributed by atoms with Crippen molar-refractivity contribution in [3.05, 3.63) is 77.1 Å². The predicted octanol–water partition coefficient (Wildman–Crippen LogP) is 4.46. The van der Waals surface area contributed by atoms with Gasteiger partial charge in [-0.15, -0.1) is 0 Å². The summed E-state index contributed by atoms with van der Waals surface area (Å²) in [5.41, 5.74) is 2.69. The molecule has 0 radical (unpaired) electrons. The first-order valence-corrected chi connectivity index (χ1v) is 8.12. The summed E-state index contributed by atoms with van der Waals surface area (Å²) in [6.07, 6.45) is 1.57. The normalized spacial score (nSPS) is 10.4. The van der Waals surface area contributed by atoms with Gasteiger partial charge in [-0.05, 0) is 42.8 Å². The molecule has 1 heterocycles. The maximum atomic E-state index is 12.5. The number of rotatable bonds is 4. The summed E-state index contributed by atoms with van der Waals surface area (Å²) in [6.45, 7) is 1.85. The Morgan fingerprint density at radius 3 is 2.60 bits per heavy atom. The van der Waals surface area contributed by atoms with E-state index in [-0.39, 0.29) is 11.6 Å². The largest absolute Gasteiger partial charge is 0.320 e. The molecule has 0 bridgehead atoms. The van der Waals surface area contributed by atoms with Gasteiger partial charge in [0.2, 0.25) is 5.95 Å². The standard InChI is InChI=1S/C19H17ClN4O/c1-13-15(20)9-6-10-16(13)22-18(25)17-11-12-21-19(23-17)24(2)14-7-4-3-5-8-14/h3-12H,1-2H3,(H,22,25). The van der Waals surface area contributed by atoms with Crippen molar-refractivity contribution in [3.8, 4) is 0 Å². The number of hydrogen-bond donors (Lipinski definition) is 1. The van der Waals surface area contributed by atoms with Crippen LogP contribution in [0.5, 0.6) is 0 Å². The number of carbonyl (C=O) groups excluding carboxylic acids is 1. The average Bonchev–Trinajstić information content (AvgIpc) is 2.65. The maximum absolute atomic E-state index is 12.5. The summed E-state index contributed by atoms with van der Waals surface area (Å²) in [6, 6.07) is 16.7. The maximum Gasteiger partial charge on any atom is 0.274 e. The van der Waals surface area contributed by atoms with Crippen LogP contribution in [0, 0.1) is 6.92 Å². The molecule has 0 aliphatic carbocycles. The smallest absolute Gasteiger partial charge is 0.274 e. The van der Waals surface area contributed by atoms with Crippen molar-refractivity contribution in [2.24, 2.45) is 0 Å². The highest BCUT2D eigenvalue weighted by Gasteiger charge is 2.13. The van der Waals surface area contributed by atoms with Crippen LogP contribution in [0.2, 0.25) is 5.02 Å². The molecule has 0 spiro atoms. The molecule has 0 fully saturated rings. The molecule has 3 rings (SSSR count). The Bertz CT molecular complexity index is 899. The van der Waals surface area contributed by atoms with Crippen LogP contribution in [-0.2, 0) is 0 Å². The minimum atomic E-state index is -0.310. The fourth-order valence-corrected chi connectivity index (χ4v) is 2.51. The van der Waals surface area contributed by atoms with E-state index in [9.17, 15) is 4.79 Å². The van der Waals surface area contributed by atoms with Crippen LogP contribution in [0.25, 0.3) is 0 Å². The molecule has 0 aliphatic heterocycles. The van der Waals surface area contributed by atoms with Crippen molar-refractivity contribution in [1.82, 2.24) is 9.97 Å². The fraction of sp³-hybridized carbons (Fsp3) is 0.105. The summed E-state index contributed by atoms with van der Waals surface area (Å²) >= 11 is 6.09. The van der Waals surface area contributed by atoms with E-state index in [0.717, 1.165) is 11.3 Å². The summed E-state index contributed by atoms with van der Waals surface area (Å²) in [4.78, 5) is 23.0. The van der Waals surface area contributed by atoms with Crippen LogP contribution >= 0.6 is 11.6 Å². The van der Waals surface area contributed by atoms with E-state index in [1.807, 2.05) is 49.2 Å². The zero-order valence-electron chi connectivity index (χ0n) is 13.9. The second-order valence-electron chi connectivity index (χ2n) is 5.50. The van der Waals surface area contributed by atoms with Gasteiger partial charge in [0.05, 0.1) is 0 Å². The number of nitrogens with zero attached hydrogens (tertiary/aromatic N) is 3. The number of anilines is 3. The van der Waals surface area contributed by atoms with Gasteiger partial charge in [0, 0.05) is 29.6 Å². The van der Waals surface area contributed by atoms with Crippen LogP contribution in [0.1, 0.15) is 16.1 Å². The third-order valence-electron chi connectivity index (χ3n) is 3.83. The molecule has 25 heavy (non-hydrogen) atoms. The van der Waals surface area contributed by atoms with Gasteiger partial charge in [-0.1, -0.05) is 35.9 Å². The van der Waals surface area contributed by atoms with E-state index in [4.69, 9.17) is 11.6 Å². The lowest BCUT2D eigenvalue weighted by atomic mass is 10.2. The SMILES string of the molecule is Cc1c(Cl)cccc1NC(=O)c1ccnc(N(C)c2ccccc2)n1. The second-order valence-corrected chi connectivity index (χ2v) is 5.91. The van der Waals surface area contributed by atoms with Gasteiger partial charge in [-0.2, -0.15) is 0 Å². The molecule has 2 aromatic carbocycles. The fourth-order valence-electron chi connectivity index (χ4n) is 2.33. The number of halogens is 1. The van der Waals surface area contributed by atoms with Gasteiger partial charge in [0.15, 0.2) is 0 Å².